The number of nitrogens with one attached hydrogen (secondary N) is 1. The van der Waals surface area contributed by atoms with Gasteiger partial charge >= 0.3 is 5.97 Å². The van der Waals surface area contributed by atoms with E-state index in [0.29, 0.717) is 6.54 Å². The highest BCUT2D eigenvalue weighted by molar-refractivity contribution is 5.85. The molecule has 27 heavy (non-hydrogen) atoms. The average molecular weight is 391 g/mol. The summed E-state index contributed by atoms with van der Waals surface area (Å²) in [5.41, 5.74) is 1.97. The zero-order valence-corrected chi connectivity index (χ0v) is 16.5. The van der Waals surface area contributed by atoms with Crippen molar-refractivity contribution in [1.82, 2.24) is 10.2 Å². The van der Waals surface area contributed by atoms with Crippen LogP contribution >= 0.6 is 12.4 Å². The van der Waals surface area contributed by atoms with Crippen molar-refractivity contribution in [2.24, 2.45) is 0 Å². The van der Waals surface area contributed by atoms with E-state index >= 15 is 0 Å². The van der Waals surface area contributed by atoms with Crippen molar-refractivity contribution >= 4 is 24.3 Å². The Morgan fingerprint density at radius 3 is 1.89 bits per heavy atom. The van der Waals surface area contributed by atoms with E-state index in [1.807, 2.05) is 67.6 Å². The molecule has 6 heteroatoms. The predicted octanol–water partition coefficient (Wildman–Crippen LogP) is 3.50. The first kappa shape index (κ1) is 22.7. The molecule has 0 aliphatic rings. The minimum Gasteiger partial charge on any atom is -0.480 e. The summed E-state index contributed by atoms with van der Waals surface area (Å²) in [6.07, 6.45) is 0.783. The van der Waals surface area contributed by atoms with Crippen LogP contribution in [0, 0.1) is 0 Å². The van der Waals surface area contributed by atoms with Crippen LogP contribution < -0.4 is 5.32 Å². The number of hydrogen-bond donors (Lipinski definition) is 2. The lowest BCUT2D eigenvalue weighted by molar-refractivity contribution is -0.139. The Bertz CT molecular complexity index is 670. The number of benzene rings is 2. The molecule has 0 spiro atoms. The van der Waals surface area contributed by atoms with Crippen molar-refractivity contribution in [2.45, 2.75) is 32.4 Å². The topological polar surface area (TPSA) is 69.6 Å². The maximum absolute atomic E-state index is 12.9. The van der Waals surface area contributed by atoms with Gasteiger partial charge in [-0.25, -0.2) is 0 Å². The van der Waals surface area contributed by atoms with Gasteiger partial charge < -0.3 is 10.4 Å². The molecule has 0 bridgehead atoms. The zero-order chi connectivity index (χ0) is 18.9. The summed E-state index contributed by atoms with van der Waals surface area (Å²) in [7, 11) is 0. The lowest BCUT2D eigenvalue weighted by atomic mass is 9.98. The normalized spacial score (nSPS) is 11.7. The van der Waals surface area contributed by atoms with Crippen molar-refractivity contribution in [3.63, 3.8) is 0 Å². The van der Waals surface area contributed by atoms with Crippen LogP contribution in [-0.4, -0.2) is 41.0 Å². The standard InChI is InChI=1S/C21H26N2O3.ClH/c1-3-14-23(15-19(24)25)16(2)21(26)22-20(17-10-6-4-7-11-17)18-12-8-5-9-13-18;/h4-13,16,20H,3,14-15H2,1-2H3,(H,22,26)(H,24,25);1H. The largest absolute Gasteiger partial charge is 0.480 e. The monoisotopic (exact) mass is 390 g/mol. The van der Waals surface area contributed by atoms with Gasteiger partial charge in [-0.1, -0.05) is 67.6 Å². The highest BCUT2D eigenvalue weighted by Crippen LogP contribution is 2.22. The van der Waals surface area contributed by atoms with E-state index in [9.17, 15) is 9.59 Å². The first-order valence-electron chi connectivity index (χ1n) is 8.89. The van der Waals surface area contributed by atoms with Crippen LogP contribution in [-0.2, 0) is 9.59 Å². The fourth-order valence-corrected chi connectivity index (χ4v) is 2.95. The van der Waals surface area contributed by atoms with Crippen LogP contribution in [0.2, 0.25) is 0 Å². The molecule has 2 N–H and O–H groups in total. The number of amides is 1. The van der Waals surface area contributed by atoms with E-state index in [0.717, 1.165) is 17.5 Å². The number of rotatable bonds is 9. The van der Waals surface area contributed by atoms with Crippen LogP contribution in [0.25, 0.3) is 0 Å². The molecule has 0 aliphatic carbocycles. The van der Waals surface area contributed by atoms with Crippen LogP contribution in [0.3, 0.4) is 0 Å². The van der Waals surface area contributed by atoms with Gasteiger partial charge in [0.2, 0.25) is 5.91 Å². The van der Waals surface area contributed by atoms with Crippen molar-refractivity contribution in [1.29, 1.82) is 0 Å². The molecule has 146 valence electrons. The molecule has 0 radical (unpaired) electrons. The molecule has 0 aromatic heterocycles. The summed E-state index contributed by atoms with van der Waals surface area (Å²) in [4.78, 5) is 25.6. The summed E-state index contributed by atoms with van der Waals surface area (Å²) in [6.45, 7) is 4.13. The van der Waals surface area contributed by atoms with Crippen LogP contribution in [0.5, 0.6) is 0 Å². The Morgan fingerprint density at radius 2 is 1.48 bits per heavy atom. The van der Waals surface area contributed by atoms with Gasteiger partial charge in [0.1, 0.15) is 0 Å². The third-order valence-corrected chi connectivity index (χ3v) is 4.33. The van der Waals surface area contributed by atoms with Crippen molar-refractivity contribution in [2.75, 3.05) is 13.1 Å². The van der Waals surface area contributed by atoms with E-state index < -0.39 is 12.0 Å². The lowest BCUT2D eigenvalue weighted by Gasteiger charge is -2.28. The van der Waals surface area contributed by atoms with E-state index in [1.165, 1.54) is 0 Å². The van der Waals surface area contributed by atoms with Gasteiger partial charge in [0.25, 0.3) is 0 Å². The Morgan fingerprint density at radius 1 is 1.00 bits per heavy atom. The minimum atomic E-state index is -0.930. The van der Waals surface area contributed by atoms with Crippen molar-refractivity contribution in [3.05, 3.63) is 71.8 Å². The van der Waals surface area contributed by atoms with Crippen LogP contribution in [0.4, 0.5) is 0 Å². The summed E-state index contributed by atoms with van der Waals surface area (Å²) in [6, 6.07) is 18.7. The van der Waals surface area contributed by atoms with Crippen LogP contribution in [0.1, 0.15) is 37.4 Å². The molecule has 2 aromatic carbocycles. The van der Waals surface area contributed by atoms with E-state index in [4.69, 9.17) is 5.11 Å². The van der Waals surface area contributed by atoms with Gasteiger partial charge in [0, 0.05) is 0 Å². The van der Waals surface area contributed by atoms with Gasteiger partial charge in [-0.05, 0) is 31.0 Å². The minimum absolute atomic E-state index is 0. The number of nitrogens with zero attached hydrogens (tertiary/aromatic N) is 1. The second-order valence-corrected chi connectivity index (χ2v) is 6.30. The Hall–Kier alpha value is -2.37. The fourth-order valence-electron chi connectivity index (χ4n) is 2.95. The number of carboxylic acid groups (broad SMARTS) is 1. The van der Waals surface area contributed by atoms with E-state index in [1.54, 1.807) is 11.8 Å². The first-order valence-corrected chi connectivity index (χ1v) is 8.89. The molecule has 0 saturated heterocycles. The third-order valence-electron chi connectivity index (χ3n) is 4.33. The number of aliphatic carboxylic acids is 1. The molecular weight excluding hydrogens is 364 g/mol. The third kappa shape index (κ3) is 6.70. The van der Waals surface area contributed by atoms with Gasteiger partial charge in [0.05, 0.1) is 18.6 Å². The maximum Gasteiger partial charge on any atom is 0.317 e. The van der Waals surface area contributed by atoms with E-state index in [-0.39, 0.29) is 30.9 Å². The number of carbonyl (C=O) groups is 2. The summed E-state index contributed by atoms with van der Waals surface area (Å²) in [5, 5.41) is 12.2. The number of hydrogen-bond acceptors (Lipinski definition) is 3. The molecule has 5 nitrogen and oxygen atoms in total. The second kappa shape index (κ2) is 11.4. The summed E-state index contributed by atoms with van der Waals surface area (Å²) < 4.78 is 0. The average Bonchev–Trinajstić information content (AvgIpc) is 2.66. The lowest BCUT2D eigenvalue weighted by Crippen LogP contribution is -2.48. The Labute approximate surface area is 166 Å². The molecule has 1 amide bonds. The molecule has 1 unspecified atom stereocenters. The molecule has 2 rings (SSSR count). The van der Waals surface area contributed by atoms with Gasteiger partial charge in [-0.2, -0.15) is 0 Å². The van der Waals surface area contributed by atoms with Gasteiger partial charge in [-0.3, -0.25) is 14.5 Å². The molecule has 0 heterocycles. The first-order chi connectivity index (χ1) is 12.5. The second-order valence-electron chi connectivity index (χ2n) is 6.30. The number of carbonyl (C=O) groups excluding carboxylic acids is 1. The fraction of sp³-hybridized carbons (Fsp3) is 0.333. The van der Waals surface area contributed by atoms with Crippen molar-refractivity contribution in [3.8, 4) is 0 Å². The zero-order valence-electron chi connectivity index (χ0n) is 15.7. The van der Waals surface area contributed by atoms with Gasteiger partial charge in [0.15, 0.2) is 0 Å². The molecule has 1 atom stereocenters. The summed E-state index contributed by atoms with van der Waals surface area (Å²) in [5.74, 6) is -1.11. The predicted molar refractivity (Wildman–Crippen MR) is 109 cm³/mol. The molecule has 0 fully saturated rings. The smallest absolute Gasteiger partial charge is 0.317 e. The Kier molecular flexibility index (Phi) is 9.54. The van der Waals surface area contributed by atoms with Crippen molar-refractivity contribution < 1.29 is 14.7 Å². The SMILES string of the molecule is CCCN(CC(=O)O)C(C)C(=O)NC(c1ccccc1)c1ccccc1.Cl. The molecule has 0 saturated carbocycles. The van der Waals surface area contributed by atoms with Gasteiger partial charge in [-0.15, -0.1) is 12.4 Å². The Balaban J connectivity index is 0.00000364. The number of carboxylic acids is 1. The van der Waals surface area contributed by atoms with E-state index in [2.05, 4.69) is 5.32 Å². The quantitative estimate of drug-likeness (QED) is 0.687. The molecule has 0 aliphatic heterocycles. The van der Waals surface area contributed by atoms with Crippen LogP contribution in [0.15, 0.2) is 60.7 Å². The summed E-state index contributed by atoms with van der Waals surface area (Å²) >= 11 is 0. The highest BCUT2D eigenvalue weighted by Gasteiger charge is 2.25. The molecular formula is C21H27ClN2O3. The highest BCUT2D eigenvalue weighted by atomic mass is 35.5. The molecule has 2 aromatic rings. The maximum atomic E-state index is 12.9. The number of halogens is 1.